The maximum absolute atomic E-state index is 13.1. The van der Waals surface area contributed by atoms with Crippen molar-refractivity contribution >= 4 is 17.5 Å². The van der Waals surface area contributed by atoms with Gasteiger partial charge in [0.2, 0.25) is 5.69 Å². The van der Waals surface area contributed by atoms with Gasteiger partial charge in [-0.15, -0.1) is 0 Å². The number of halogens is 1. The molecule has 0 aliphatic carbocycles. The minimum absolute atomic E-state index is 0.0145. The monoisotopic (exact) mass is 440 g/mol. The largest absolute Gasteiger partial charge is 0.376 e. The Bertz CT molecular complexity index is 1180. The van der Waals surface area contributed by atoms with Crippen molar-refractivity contribution in [1.82, 2.24) is 19.7 Å². The van der Waals surface area contributed by atoms with Crippen molar-refractivity contribution in [3.63, 3.8) is 0 Å². The van der Waals surface area contributed by atoms with Crippen molar-refractivity contribution in [2.45, 2.75) is 25.5 Å². The van der Waals surface area contributed by atoms with Crippen molar-refractivity contribution in [2.24, 2.45) is 0 Å². The summed E-state index contributed by atoms with van der Waals surface area (Å²) >= 11 is 5.95. The molecule has 0 radical (unpaired) electrons. The van der Waals surface area contributed by atoms with Crippen LogP contribution in [0.25, 0.3) is 5.69 Å². The molecular formula is C22H21ClN4O4. The van der Waals surface area contributed by atoms with Gasteiger partial charge in [0.1, 0.15) is 0 Å². The van der Waals surface area contributed by atoms with Crippen LogP contribution in [0.2, 0.25) is 5.02 Å². The molecule has 1 aliphatic heterocycles. The summed E-state index contributed by atoms with van der Waals surface area (Å²) in [5.74, 6) is -0.648. The highest BCUT2D eigenvalue weighted by Crippen LogP contribution is 2.12. The van der Waals surface area contributed by atoms with Crippen LogP contribution in [-0.2, 0) is 11.3 Å². The highest BCUT2D eigenvalue weighted by Gasteiger charge is 2.22. The van der Waals surface area contributed by atoms with Gasteiger partial charge in [0, 0.05) is 18.2 Å². The molecule has 1 aliphatic rings. The predicted octanol–water partition coefficient (Wildman–Crippen LogP) is 2.00. The fourth-order valence-corrected chi connectivity index (χ4v) is 3.53. The Balaban J connectivity index is 1.75. The molecule has 0 saturated carbocycles. The van der Waals surface area contributed by atoms with Crippen LogP contribution in [0, 0.1) is 0 Å². The van der Waals surface area contributed by atoms with E-state index in [1.54, 1.807) is 36.4 Å². The first-order valence-electron chi connectivity index (χ1n) is 9.97. The van der Waals surface area contributed by atoms with E-state index in [-0.39, 0.29) is 24.9 Å². The molecule has 160 valence electrons. The minimum atomic E-state index is -0.746. The zero-order valence-corrected chi connectivity index (χ0v) is 17.4. The zero-order valence-electron chi connectivity index (χ0n) is 16.7. The second kappa shape index (κ2) is 9.28. The smallest absolute Gasteiger partial charge is 0.352 e. The van der Waals surface area contributed by atoms with Crippen molar-refractivity contribution in [2.75, 3.05) is 13.2 Å². The molecule has 2 aromatic carbocycles. The molecule has 1 aromatic heterocycles. The van der Waals surface area contributed by atoms with Crippen molar-refractivity contribution < 1.29 is 9.53 Å². The van der Waals surface area contributed by atoms with E-state index in [9.17, 15) is 14.4 Å². The first-order chi connectivity index (χ1) is 15.0. The van der Waals surface area contributed by atoms with Gasteiger partial charge < -0.3 is 10.1 Å². The van der Waals surface area contributed by atoms with Crippen molar-refractivity contribution in [1.29, 1.82) is 0 Å². The number of hydrogen-bond acceptors (Lipinski definition) is 5. The Morgan fingerprint density at radius 1 is 1.13 bits per heavy atom. The Morgan fingerprint density at radius 2 is 1.87 bits per heavy atom. The predicted molar refractivity (Wildman–Crippen MR) is 116 cm³/mol. The molecule has 0 bridgehead atoms. The molecule has 1 N–H and O–H groups in total. The molecule has 0 unspecified atom stereocenters. The number of amides is 1. The highest BCUT2D eigenvalue weighted by atomic mass is 35.5. The number of carbonyl (C=O) groups is 1. The van der Waals surface area contributed by atoms with E-state index in [1.807, 2.05) is 18.2 Å². The number of hydrogen-bond donors (Lipinski definition) is 1. The number of nitrogens with one attached hydrogen (secondary N) is 1. The van der Waals surface area contributed by atoms with Gasteiger partial charge in [-0.2, -0.15) is 9.78 Å². The van der Waals surface area contributed by atoms with Gasteiger partial charge in [0.15, 0.2) is 0 Å². The summed E-state index contributed by atoms with van der Waals surface area (Å²) in [6, 6.07) is 15.5. The van der Waals surface area contributed by atoms with E-state index in [0.717, 1.165) is 27.7 Å². The summed E-state index contributed by atoms with van der Waals surface area (Å²) in [7, 11) is 0. The van der Waals surface area contributed by atoms with Gasteiger partial charge in [0.25, 0.3) is 11.5 Å². The Kier molecular flexibility index (Phi) is 6.29. The molecule has 31 heavy (non-hydrogen) atoms. The quantitative estimate of drug-likeness (QED) is 0.632. The van der Waals surface area contributed by atoms with E-state index in [0.29, 0.717) is 17.3 Å². The molecule has 1 atom stereocenters. The minimum Gasteiger partial charge on any atom is -0.376 e. The molecule has 4 rings (SSSR count). The highest BCUT2D eigenvalue weighted by molar-refractivity contribution is 6.30. The summed E-state index contributed by atoms with van der Waals surface area (Å²) in [6.45, 7) is 0.948. The molecule has 1 fully saturated rings. The van der Waals surface area contributed by atoms with Gasteiger partial charge in [-0.1, -0.05) is 41.9 Å². The van der Waals surface area contributed by atoms with Crippen LogP contribution >= 0.6 is 11.6 Å². The average Bonchev–Trinajstić information content (AvgIpc) is 3.30. The zero-order chi connectivity index (χ0) is 21.8. The number of rotatable bonds is 6. The van der Waals surface area contributed by atoms with Crippen LogP contribution in [0.5, 0.6) is 0 Å². The van der Waals surface area contributed by atoms with Crippen LogP contribution in [0.3, 0.4) is 0 Å². The van der Waals surface area contributed by atoms with E-state index < -0.39 is 17.2 Å². The van der Waals surface area contributed by atoms with Crippen molar-refractivity contribution in [3.05, 3.63) is 91.7 Å². The van der Waals surface area contributed by atoms with Crippen LogP contribution in [0.1, 0.15) is 28.9 Å². The summed E-state index contributed by atoms with van der Waals surface area (Å²) in [5, 5.41) is 7.29. The number of ether oxygens (including phenoxy) is 1. The average molecular weight is 441 g/mol. The summed E-state index contributed by atoms with van der Waals surface area (Å²) in [4.78, 5) is 38.9. The normalized spacial score (nSPS) is 15.7. The lowest BCUT2D eigenvalue weighted by Gasteiger charge is -2.14. The van der Waals surface area contributed by atoms with Crippen molar-refractivity contribution in [3.8, 4) is 5.69 Å². The molecule has 8 nitrogen and oxygen atoms in total. The molecule has 3 aromatic rings. The fourth-order valence-electron chi connectivity index (χ4n) is 3.41. The number of benzene rings is 2. The van der Waals surface area contributed by atoms with Crippen LogP contribution in [0.15, 0.2) is 64.2 Å². The number of aromatic nitrogens is 3. The first-order valence-corrected chi connectivity index (χ1v) is 10.3. The lowest BCUT2D eigenvalue weighted by molar-refractivity contribution is 0.0849. The lowest BCUT2D eigenvalue weighted by Crippen LogP contribution is -2.46. The maximum atomic E-state index is 13.1. The van der Waals surface area contributed by atoms with Crippen LogP contribution in [0.4, 0.5) is 0 Å². The molecule has 1 amide bonds. The fraction of sp³-hybridized carbons (Fsp3) is 0.273. The van der Waals surface area contributed by atoms with Crippen LogP contribution < -0.4 is 16.6 Å². The van der Waals surface area contributed by atoms with Gasteiger partial charge in [-0.3, -0.25) is 14.2 Å². The topological polar surface area (TPSA) is 95.2 Å². The molecule has 1 saturated heterocycles. The molecule has 0 spiro atoms. The summed E-state index contributed by atoms with van der Waals surface area (Å²) in [5.41, 5.74) is -0.607. The SMILES string of the molecule is O=C(NC[C@H]1CCCO1)c1nn(-c2ccc(Cl)cc2)c(=O)n(Cc2ccccc2)c1=O. The molecule has 9 heteroatoms. The first kappa shape index (κ1) is 21.0. The summed E-state index contributed by atoms with van der Waals surface area (Å²) in [6.07, 6.45) is 1.69. The van der Waals surface area contributed by atoms with Crippen LogP contribution in [-0.4, -0.2) is 39.5 Å². The Labute approximate surface area is 183 Å². The molecular weight excluding hydrogens is 420 g/mol. The van der Waals surface area contributed by atoms with Gasteiger partial charge in [-0.25, -0.2) is 4.79 Å². The standard InChI is InChI=1S/C22H21ClN4O4/c23-16-8-10-17(11-9-16)27-22(30)26(14-15-5-2-1-3-6-15)21(29)19(25-27)20(28)24-13-18-7-4-12-31-18/h1-3,5-6,8-11,18H,4,7,12-14H2,(H,24,28)/t18-/m1/s1. The Hall–Kier alpha value is -3.23. The third-order valence-electron chi connectivity index (χ3n) is 5.04. The van der Waals surface area contributed by atoms with Gasteiger partial charge in [-0.05, 0) is 42.7 Å². The second-order valence-electron chi connectivity index (χ2n) is 7.24. The van der Waals surface area contributed by atoms with E-state index in [4.69, 9.17) is 16.3 Å². The maximum Gasteiger partial charge on any atom is 0.352 e. The number of carbonyl (C=O) groups excluding carboxylic acids is 1. The third kappa shape index (κ3) is 4.76. The van der Waals surface area contributed by atoms with E-state index in [2.05, 4.69) is 10.4 Å². The van der Waals surface area contributed by atoms with E-state index in [1.165, 1.54) is 0 Å². The second-order valence-corrected chi connectivity index (χ2v) is 7.68. The van der Waals surface area contributed by atoms with Gasteiger partial charge >= 0.3 is 5.69 Å². The summed E-state index contributed by atoms with van der Waals surface area (Å²) < 4.78 is 7.56. The number of nitrogens with zero attached hydrogens (tertiary/aromatic N) is 3. The Morgan fingerprint density at radius 3 is 2.55 bits per heavy atom. The van der Waals surface area contributed by atoms with E-state index >= 15 is 0 Å². The molecule has 2 heterocycles. The van der Waals surface area contributed by atoms with Gasteiger partial charge in [0.05, 0.1) is 18.3 Å². The third-order valence-corrected chi connectivity index (χ3v) is 5.30. The lowest BCUT2D eigenvalue weighted by atomic mass is 10.2.